The molecule has 3 heterocycles. The number of hydrogen-bond acceptors (Lipinski definition) is 5. The smallest absolute Gasteiger partial charge is 0.253 e. The van der Waals surface area contributed by atoms with E-state index in [2.05, 4.69) is 15.3 Å². The molecular formula is C31H26N4O3. The number of aromatic nitrogens is 3. The van der Waals surface area contributed by atoms with Gasteiger partial charge in [0.2, 0.25) is 0 Å². The Morgan fingerprint density at radius 2 is 1.50 bits per heavy atom. The lowest BCUT2D eigenvalue weighted by Gasteiger charge is -2.14. The molecule has 7 nitrogen and oxygen atoms in total. The zero-order valence-corrected chi connectivity index (χ0v) is 20.7. The third-order valence-corrected chi connectivity index (χ3v) is 6.41. The van der Waals surface area contributed by atoms with E-state index >= 15 is 0 Å². The molecule has 2 aromatic heterocycles. The Morgan fingerprint density at radius 1 is 0.789 bits per heavy atom. The van der Waals surface area contributed by atoms with E-state index in [9.17, 15) is 4.79 Å². The second kappa shape index (κ2) is 10.6. The van der Waals surface area contributed by atoms with E-state index in [-0.39, 0.29) is 5.91 Å². The second-order valence-electron chi connectivity index (χ2n) is 9.06. The molecule has 0 radical (unpaired) electrons. The third-order valence-electron chi connectivity index (χ3n) is 6.41. The maximum absolute atomic E-state index is 12.2. The maximum atomic E-state index is 12.2. The summed E-state index contributed by atoms with van der Waals surface area (Å²) in [5.74, 6) is 1.75. The number of amides is 1. The van der Waals surface area contributed by atoms with E-state index in [4.69, 9.17) is 14.5 Å². The molecule has 3 aromatic carbocycles. The van der Waals surface area contributed by atoms with Gasteiger partial charge in [0, 0.05) is 30.4 Å². The van der Waals surface area contributed by atoms with Gasteiger partial charge in [0.1, 0.15) is 13.2 Å². The standard InChI is InChI=1S/C31H26N4O3/c36-31-24-18-27(34-25(24)13-16-33-31)26-14-15-32-30(35-26)23-11-12-28(37-19-21-7-3-1-4-8-21)29(17-23)38-20-22-9-5-2-6-10-22/h1-12,14-15,17-18,34H,13,16,19-20H2,(H,33,36). The fourth-order valence-corrected chi connectivity index (χ4v) is 4.43. The fraction of sp³-hybridized carbons (Fsp3) is 0.129. The molecule has 1 amide bonds. The van der Waals surface area contributed by atoms with Gasteiger partial charge in [-0.2, -0.15) is 0 Å². The Balaban J connectivity index is 1.29. The van der Waals surface area contributed by atoms with Crippen LogP contribution >= 0.6 is 0 Å². The summed E-state index contributed by atoms with van der Waals surface area (Å²) in [6, 6.07) is 29.5. The van der Waals surface area contributed by atoms with E-state index in [0.29, 0.717) is 48.3 Å². The first-order valence-corrected chi connectivity index (χ1v) is 12.5. The van der Waals surface area contributed by atoms with Crippen LogP contribution in [-0.2, 0) is 19.6 Å². The molecule has 188 valence electrons. The van der Waals surface area contributed by atoms with Crippen molar-refractivity contribution in [1.82, 2.24) is 20.3 Å². The molecule has 6 rings (SSSR count). The van der Waals surface area contributed by atoms with E-state index in [1.807, 2.05) is 91.0 Å². The van der Waals surface area contributed by atoms with E-state index < -0.39 is 0 Å². The predicted octanol–water partition coefficient (Wildman–Crippen LogP) is 5.58. The third kappa shape index (κ3) is 5.13. The second-order valence-corrected chi connectivity index (χ2v) is 9.06. The quantitative estimate of drug-likeness (QED) is 0.289. The number of aromatic amines is 1. The molecule has 0 saturated heterocycles. The molecule has 0 spiro atoms. The van der Waals surface area contributed by atoms with Gasteiger partial charge in [-0.1, -0.05) is 60.7 Å². The van der Waals surface area contributed by atoms with E-state index in [1.165, 1.54) is 0 Å². The van der Waals surface area contributed by atoms with Gasteiger partial charge in [-0.05, 0) is 41.5 Å². The van der Waals surface area contributed by atoms with Gasteiger partial charge >= 0.3 is 0 Å². The van der Waals surface area contributed by atoms with Crippen LogP contribution < -0.4 is 14.8 Å². The number of carbonyl (C=O) groups is 1. The summed E-state index contributed by atoms with van der Waals surface area (Å²) >= 11 is 0. The Bertz CT molecular complexity index is 1570. The van der Waals surface area contributed by atoms with Crippen LogP contribution in [0.15, 0.2) is 97.2 Å². The Labute approximate surface area is 220 Å². The van der Waals surface area contributed by atoms with E-state index in [1.54, 1.807) is 6.20 Å². The number of nitrogens with zero attached hydrogens (tertiary/aromatic N) is 2. The molecule has 1 aliphatic rings. The molecule has 7 heteroatoms. The predicted molar refractivity (Wildman–Crippen MR) is 145 cm³/mol. The highest BCUT2D eigenvalue weighted by Gasteiger charge is 2.20. The van der Waals surface area contributed by atoms with Crippen LogP contribution in [0, 0.1) is 0 Å². The van der Waals surface area contributed by atoms with Crippen molar-refractivity contribution >= 4 is 5.91 Å². The first-order valence-electron chi connectivity index (χ1n) is 12.5. The molecule has 0 atom stereocenters. The lowest BCUT2D eigenvalue weighted by molar-refractivity contribution is 0.0946. The maximum Gasteiger partial charge on any atom is 0.253 e. The molecule has 0 aliphatic carbocycles. The van der Waals surface area contributed by atoms with Crippen molar-refractivity contribution in [3.8, 4) is 34.3 Å². The van der Waals surface area contributed by atoms with Gasteiger partial charge in [-0.15, -0.1) is 0 Å². The SMILES string of the molecule is O=C1NCCc2[nH]c(-c3ccnc(-c4ccc(OCc5ccccc5)c(OCc5ccccc5)c4)n3)cc21. The van der Waals surface area contributed by atoms with Crippen LogP contribution in [0.2, 0.25) is 0 Å². The van der Waals surface area contributed by atoms with Crippen molar-refractivity contribution in [2.75, 3.05) is 6.54 Å². The normalized spacial score (nSPS) is 12.5. The molecule has 0 saturated carbocycles. The fourth-order valence-electron chi connectivity index (χ4n) is 4.43. The molecule has 1 aliphatic heterocycles. The highest BCUT2D eigenvalue weighted by atomic mass is 16.5. The lowest BCUT2D eigenvalue weighted by atomic mass is 10.1. The number of benzene rings is 3. The van der Waals surface area contributed by atoms with Crippen molar-refractivity contribution < 1.29 is 14.3 Å². The molecule has 0 bridgehead atoms. The van der Waals surface area contributed by atoms with Gasteiger partial charge < -0.3 is 19.8 Å². The zero-order valence-electron chi connectivity index (χ0n) is 20.7. The number of rotatable bonds is 8. The molecule has 0 fully saturated rings. The number of ether oxygens (including phenoxy) is 2. The first-order chi connectivity index (χ1) is 18.7. The minimum Gasteiger partial charge on any atom is -0.485 e. The van der Waals surface area contributed by atoms with Crippen LogP contribution in [0.1, 0.15) is 27.2 Å². The molecule has 38 heavy (non-hydrogen) atoms. The average molecular weight is 503 g/mol. The molecule has 2 N–H and O–H groups in total. The number of hydrogen-bond donors (Lipinski definition) is 2. The number of carbonyl (C=O) groups excluding carboxylic acids is 1. The van der Waals surface area contributed by atoms with Gasteiger partial charge in [0.25, 0.3) is 5.91 Å². The van der Waals surface area contributed by atoms with Gasteiger partial charge in [0.15, 0.2) is 17.3 Å². The van der Waals surface area contributed by atoms with Crippen molar-refractivity contribution in [3.63, 3.8) is 0 Å². The topological polar surface area (TPSA) is 89.1 Å². The largest absolute Gasteiger partial charge is 0.485 e. The minimum absolute atomic E-state index is 0.0608. The summed E-state index contributed by atoms with van der Waals surface area (Å²) in [4.78, 5) is 24.9. The number of nitrogens with one attached hydrogen (secondary N) is 2. The van der Waals surface area contributed by atoms with Gasteiger partial charge in [0.05, 0.1) is 17.0 Å². The van der Waals surface area contributed by atoms with Gasteiger partial charge in [-0.25, -0.2) is 9.97 Å². The monoisotopic (exact) mass is 502 g/mol. The van der Waals surface area contributed by atoms with Crippen molar-refractivity contribution in [1.29, 1.82) is 0 Å². The van der Waals surface area contributed by atoms with E-state index in [0.717, 1.165) is 34.5 Å². The van der Waals surface area contributed by atoms with Crippen LogP contribution in [0.4, 0.5) is 0 Å². The van der Waals surface area contributed by atoms with Crippen LogP contribution in [0.3, 0.4) is 0 Å². The van der Waals surface area contributed by atoms with Crippen molar-refractivity contribution in [3.05, 3.63) is 120 Å². The minimum atomic E-state index is -0.0608. The Kier molecular flexibility index (Phi) is 6.55. The zero-order chi connectivity index (χ0) is 25.7. The molecule has 0 unspecified atom stereocenters. The summed E-state index contributed by atoms with van der Waals surface area (Å²) in [6.07, 6.45) is 2.49. The van der Waals surface area contributed by atoms with Crippen molar-refractivity contribution in [2.24, 2.45) is 0 Å². The van der Waals surface area contributed by atoms with Crippen molar-refractivity contribution in [2.45, 2.75) is 19.6 Å². The van der Waals surface area contributed by atoms with Crippen LogP contribution in [-0.4, -0.2) is 27.4 Å². The first kappa shape index (κ1) is 23.5. The lowest BCUT2D eigenvalue weighted by Crippen LogP contribution is -2.31. The Morgan fingerprint density at radius 3 is 2.21 bits per heavy atom. The molecule has 5 aromatic rings. The van der Waals surface area contributed by atoms with Crippen LogP contribution in [0.5, 0.6) is 11.5 Å². The highest BCUT2D eigenvalue weighted by molar-refractivity contribution is 5.97. The van der Waals surface area contributed by atoms with Gasteiger partial charge in [-0.3, -0.25) is 4.79 Å². The molecular weight excluding hydrogens is 476 g/mol. The highest BCUT2D eigenvalue weighted by Crippen LogP contribution is 2.33. The summed E-state index contributed by atoms with van der Waals surface area (Å²) in [5.41, 5.74) is 6.04. The summed E-state index contributed by atoms with van der Waals surface area (Å²) in [6.45, 7) is 1.47. The summed E-state index contributed by atoms with van der Waals surface area (Å²) in [5, 5.41) is 2.88. The van der Waals surface area contributed by atoms with Crippen LogP contribution in [0.25, 0.3) is 22.8 Å². The summed E-state index contributed by atoms with van der Waals surface area (Å²) < 4.78 is 12.4. The average Bonchev–Trinajstić information content (AvgIpc) is 3.42. The summed E-state index contributed by atoms with van der Waals surface area (Å²) in [7, 11) is 0. The Hall–Kier alpha value is -4.91. The number of H-pyrrole nitrogens is 1. The number of fused-ring (bicyclic) bond motifs is 1.